The second kappa shape index (κ2) is 3.12. The van der Waals surface area contributed by atoms with Crippen molar-refractivity contribution in [2.24, 2.45) is 0 Å². The molecule has 14 heavy (non-hydrogen) atoms. The molecular formula is C10H13NO3. The van der Waals surface area contributed by atoms with Gasteiger partial charge in [-0.2, -0.15) is 0 Å². The van der Waals surface area contributed by atoms with Crippen LogP contribution < -0.4 is 0 Å². The molecule has 0 aromatic rings. The molecule has 2 amide bonds. The van der Waals surface area contributed by atoms with Gasteiger partial charge in [-0.3, -0.25) is 14.5 Å². The highest BCUT2D eigenvalue weighted by atomic mass is 16.5. The summed E-state index contributed by atoms with van der Waals surface area (Å²) in [7, 11) is 0. The van der Waals surface area contributed by atoms with Crippen LogP contribution in [0, 0.1) is 0 Å². The highest BCUT2D eigenvalue weighted by molar-refractivity contribution is 6.18. The molecule has 2 rings (SSSR count). The van der Waals surface area contributed by atoms with Crippen molar-refractivity contribution in [3.05, 3.63) is 11.3 Å². The first kappa shape index (κ1) is 9.24. The zero-order valence-corrected chi connectivity index (χ0v) is 8.37. The minimum atomic E-state index is -0.264. The Bertz CT molecular complexity index is 302. The van der Waals surface area contributed by atoms with Crippen molar-refractivity contribution in [2.75, 3.05) is 6.61 Å². The van der Waals surface area contributed by atoms with Crippen LogP contribution in [0.3, 0.4) is 0 Å². The molecule has 2 heterocycles. The van der Waals surface area contributed by atoms with Crippen molar-refractivity contribution in [1.82, 2.24) is 4.90 Å². The fraction of sp³-hybridized carbons (Fsp3) is 0.600. The van der Waals surface area contributed by atoms with E-state index in [-0.39, 0.29) is 23.6 Å². The molecule has 0 radical (unpaired) electrons. The smallest absolute Gasteiger partial charge is 0.296 e. The van der Waals surface area contributed by atoms with Gasteiger partial charge in [0.2, 0.25) is 0 Å². The fourth-order valence-electron chi connectivity index (χ4n) is 1.83. The first-order chi connectivity index (χ1) is 6.63. The Balaban J connectivity index is 2.35. The fourth-order valence-corrected chi connectivity index (χ4v) is 1.83. The van der Waals surface area contributed by atoms with Crippen molar-refractivity contribution < 1.29 is 14.3 Å². The van der Waals surface area contributed by atoms with Gasteiger partial charge in [0.1, 0.15) is 0 Å². The maximum absolute atomic E-state index is 11.8. The third kappa shape index (κ3) is 1.14. The van der Waals surface area contributed by atoms with E-state index < -0.39 is 0 Å². The van der Waals surface area contributed by atoms with E-state index in [0.29, 0.717) is 18.6 Å². The van der Waals surface area contributed by atoms with E-state index >= 15 is 0 Å². The summed E-state index contributed by atoms with van der Waals surface area (Å²) in [5, 5.41) is 0. The van der Waals surface area contributed by atoms with E-state index in [1.165, 1.54) is 4.90 Å². The highest BCUT2D eigenvalue weighted by Gasteiger charge is 2.41. The predicted octanol–water partition coefficient (Wildman–Crippen LogP) is 0.828. The van der Waals surface area contributed by atoms with Gasteiger partial charge in [-0.1, -0.05) is 0 Å². The molecule has 0 unspecified atom stereocenters. The minimum Gasteiger partial charge on any atom is -0.488 e. The van der Waals surface area contributed by atoms with Crippen LogP contribution >= 0.6 is 0 Å². The molecule has 0 atom stereocenters. The number of ether oxygens (including phenoxy) is 1. The number of carbonyl (C=O) groups is 2. The first-order valence-corrected chi connectivity index (χ1v) is 4.86. The molecule has 4 nitrogen and oxygen atoms in total. The Kier molecular flexibility index (Phi) is 2.06. The molecular weight excluding hydrogens is 182 g/mol. The van der Waals surface area contributed by atoms with Crippen LogP contribution in [0.15, 0.2) is 11.3 Å². The second-order valence-corrected chi connectivity index (χ2v) is 3.83. The topological polar surface area (TPSA) is 46.6 Å². The molecule has 2 aliphatic heterocycles. The van der Waals surface area contributed by atoms with Gasteiger partial charge >= 0.3 is 0 Å². The summed E-state index contributed by atoms with van der Waals surface area (Å²) in [5.74, 6) is -0.144. The molecule has 0 spiro atoms. The van der Waals surface area contributed by atoms with E-state index in [4.69, 9.17) is 4.74 Å². The lowest BCUT2D eigenvalue weighted by atomic mass is 10.1. The lowest BCUT2D eigenvalue weighted by Crippen LogP contribution is -2.37. The molecule has 0 aromatic heterocycles. The van der Waals surface area contributed by atoms with Crippen LogP contribution in [0.1, 0.15) is 26.7 Å². The normalized spacial score (nSPS) is 21.8. The lowest BCUT2D eigenvalue weighted by Gasteiger charge is -2.18. The number of nitrogens with zero attached hydrogens (tertiary/aromatic N) is 1. The van der Waals surface area contributed by atoms with E-state index in [1.807, 2.05) is 13.8 Å². The summed E-state index contributed by atoms with van der Waals surface area (Å²) in [6, 6.07) is -0.0933. The van der Waals surface area contributed by atoms with E-state index in [1.54, 1.807) is 0 Å². The quantitative estimate of drug-likeness (QED) is 0.582. The number of imide groups is 1. The van der Waals surface area contributed by atoms with Crippen molar-refractivity contribution >= 4 is 11.8 Å². The lowest BCUT2D eigenvalue weighted by molar-refractivity contribution is -0.140. The zero-order valence-electron chi connectivity index (χ0n) is 8.37. The maximum Gasteiger partial charge on any atom is 0.296 e. The Morgan fingerprint density at radius 1 is 1.29 bits per heavy atom. The van der Waals surface area contributed by atoms with Crippen molar-refractivity contribution in [2.45, 2.75) is 32.7 Å². The standard InChI is InChI=1S/C10H13NO3/c1-6(2)11-9(12)7-4-3-5-14-8(7)10(11)13/h6H,3-5H2,1-2H3. The molecule has 76 valence electrons. The maximum atomic E-state index is 11.8. The molecule has 0 saturated carbocycles. The van der Waals surface area contributed by atoms with Gasteiger partial charge in [0.05, 0.1) is 12.2 Å². The molecule has 0 bridgehead atoms. The number of carbonyl (C=O) groups excluding carboxylic acids is 2. The summed E-state index contributed by atoms with van der Waals surface area (Å²) in [4.78, 5) is 24.7. The molecule has 0 aromatic carbocycles. The number of hydrogen-bond donors (Lipinski definition) is 0. The second-order valence-electron chi connectivity index (χ2n) is 3.83. The van der Waals surface area contributed by atoms with Gasteiger partial charge < -0.3 is 4.74 Å². The summed E-state index contributed by atoms with van der Waals surface area (Å²) in [6.07, 6.45) is 1.49. The molecule has 4 heteroatoms. The van der Waals surface area contributed by atoms with Crippen LogP contribution in [-0.4, -0.2) is 29.4 Å². The number of rotatable bonds is 1. The van der Waals surface area contributed by atoms with Crippen molar-refractivity contribution in [1.29, 1.82) is 0 Å². The molecule has 2 aliphatic rings. The summed E-state index contributed by atoms with van der Waals surface area (Å²) < 4.78 is 5.23. The van der Waals surface area contributed by atoms with Gasteiger partial charge in [0.15, 0.2) is 5.76 Å². The van der Waals surface area contributed by atoms with Crippen LogP contribution in [0.25, 0.3) is 0 Å². The van der Waals surface area contributed by atoms with Gasteiger partial charge in [-0.15, -0.1) is 0 Å². The first-order valence-electron chi connectivity index (χ1n) is 4.86. The largest absolute Gasteiger partial charge is 0.488 e. The minimum absolute atomic E-state index is 0.0933. The van der Waals surface area contributed by atoms with Gasteiger partial charge in [-0.25, -0.2) is 0 Å². The summed E-state index contributed by atoms with van der Waals surface area (Å²) >= 11 is 0. The molecule has 0 fully saturated rings. The highest BCUT2D eigenvalue weighted by Crippen LogP contribution is 2.30. The van der Waals surface area contributed by atoms with Crippen molar-refractivity contribution in [3.63, 3.8) is 0 Å². The third-order valence-electron chi connectivity index (χ3n) is 2.50. The Labute approximate surface area is 82.5 Å². The van der Waals surface area contributed by atoms with Crippen LogP contribution in [0.4, 0.5) is 0 Å². The molecule has 0 saturated heterocycles. The molecule has 0 N–H and O–H groups in total. The van der Waals surface area contributed by atoms with E-state index in [0.717, 1.165) is 6.42 Å². The molecule has 0 aliphatic carbocycles. The van der Waals surface area contributed by atoms with Crippen molar-refractivity contribution in [3.8, 4) is 0 Å². The monoisotopic (exact) mass is 195 g/mol. The van der Waals surface area contributed by atoms with Crippen LogP contribution in [-0.2, 0) is 14.3 Å². The van der Waals surface area contributed by atoms with Gasteiger partial charge in [0, 0.05) is 6.04 Å². The Hall–Kier alpha value is -1.32. The van der Waals surface area contributed by atoms with Gasteiger partial charge in [0.25, 0.3) is 11.8 Å². The number of amides is 2. The number of hydrogen-bond acceptors (Lipinski definition) is 3. The Morgan fingerprint density at radius 2 is 2.00 bits per heavy atom. The zero-order chi connectivity index (χ0) is 10.3. The Morgan fingerprint density at radius 3 is 2.57 bits per heavy atom. The van der Waals surface area contributed by atoms with Gasteiger partial charge in [-0.05, 0) is 26.7 Å². The average Bonchev–Trinajstić information content (AvgIpc) is 2.41. The van der Waals surface area contributed by atoms with Crippen LogP contribution in [0.5, 0.6) is 0 Å². The third-order valence-corrected chi connectivity index (χ3v) is 2.50. The van der Waals surface area contributed by atoms with E-state index in [9.17, 15) is 9.59 Å². The summed E-state index contributed by atoms with van der Waals surface area (Å²) in [6.45, 7) is 4.20. The van der Waals surface area contributed by atoms with Crippen LogP contribution in [0.2, 0.25) is 0 Å². The SMILES string of the molecule is CC(C)N1C(=O)C2=C(OCCC2)C1=O. The summed E-state index contributed by atoms with van der Waals surface area (Å²) in [5.41, 5.74) is 0.565. The predicted molar refractivity (Wildman–Crippen MR) is 49.2 cm³/mol. The van der Waals surface area contributed by atoms with E-state index in [2.05, 4.69) is 0 Å². The average molecular weight is 195 g/mol.